The van der Waals surface area contributed by atoms with Gasteiger partial charge in [0.2, 0.25) is 0 Å². The molecule has 0 radical (unpaired) electrons. The van der Waals surface area contributed by atoms with Gasteiger partial charge in [-0.1, -0.05) is 93.6 Å². The van der Waals surface area contributed by atoms with Crippen LogP contribution in [0.4, 0.5) is 0 Å². The molecule has 148 valence electrons. The van der Waals surface area contributed by atoms with E-state index in [4.69, 9.17) is 4.74 Å². The van der Waals surface area contributed by atoms with Crippen molar-refractivity contribution in [2.45, 2.75) is 52.4 Å². The maximum absolute atomic E-state index is 12.4. The zero-order chi connectivity index (χ0) is 20.2. The lowest BCUT2D eigenvalue weighted by Crippen LogP contribution is -2.07. The summed E-state index contributed by atoms with van der Waals surface area (Å²) in [7, 11) is 0. The van der Waals surface area contributed by atoms with Crippen molar-refractivity contribution in [2.24, 2.45) is 0 Å². The Labute approximate surface area is 168 Å². The van der Waals surface area contributed by atoms with Gasteiger partial charge in [0.25, 0.3) is 0 Å². The molecular weight excluding hydrogens is 348 g/mol. The van der Waals surface area contributed by atoms with Crippen molar-refractivity contribution in [1.82, 2.24) is 0 Å². The number of hydrogen-bond acceptors (Lipinski definition) is 3. The quantitative estimate of drug-likeness (QED) is 0.202. The van der Waals surface area contributed by atoms with E-state index in [1.165, 1.54) is 25.7 Å². The third kappa shape index (κ3) is 7.15. The van der Waals surface area contributed by atoms with Crippen LogP contribution < -0.4 is 0 Å². The van der Waals surface area contributed by atoms with Gasteiger partial charge in [-0.2, -0.15) is 0 Å². The van der Waals surface area contributed by atoms with Gasteiger partial charge < -0.3 is 4.74 Å². The predicted molar refractivity (Wildman–Crippen MR) is 114 cm³/mol. The standard InChI is InChI=1S/C25H30O3/c1-3-4-5-6-7-11-18-28-25(27)20(2)19-21-14-16-23(17-15-21)24(26)22-12-9-8-10-13-22/h8-10,12-17,19H,3-7,11,18H2,1-2H3/b20-19+. The van der Waals surface area contributed by atoms with Crippen molar-refractivity contribution in [3.63, 3.8) is 0 Å². The molecule has 3 heteroatoms. The molecule has 0 amide bonds. The second kappa shape index (κ2) is 11.9. The van der Waals surface area contributed by atoms with Crippen LogP contribution in [-0.4, -0.2) is 18.4 Å². The number of esters is 1. The first kappa shape index (κ1) is 21.6. The summed E-state index contributed by atoms with van der Waals surface area (Å²) in [6, 6.07) is 16.5. The fourth-order valence-corrected chi connectivity index (χ4v) is 2.96. The molecule has 0 aromatic heterocycles. The largest absolute Gasteiger partial charge is 0.462 e. The molecule has 0 aliphatic rings. The molecule has 0 bridgehead atoms. The molecule has 0 saturated heterocycles. The summed E-state index contributed by atoms with van der Waals surface area (Å²) in [6.45, 7) is 4.43. The van der Waals surface area contributed by atoms with Gasteiger partial charge in [-0.3, -0.25) is 4.79 Å². The summed E-state index contributed by atoms with van der Waals surface area (Å²) in [5.41, 5.74) is 2.73. The highest BCUT2D eigenvalue weighted by Gasteiger charge is 2.09. The third-order valence-electron chi connectivity index (χ3n) is 4.65. The van der Waals surface area contributed by atoms with Gasteiger partial charge >= 0.3 is 5.97 Å². The van der Waals surface area contributed by atoms with E-state index in [1.807, 2.05) is 30.3 Å². The summed E-state index contributed by atoms with van der Waals surface area (Å²) in [6.07, 6.45) is 8.78. The van der Waals surface area contributed by atoms with Crippen LogP contribution in [-0.2, 0) is 9.53 Å². The number of rotatable bonds is 11. The van der Waals surface area contributed by atoms with Crippen molar-refractivity contribution < 1.29 is 14.3 Å². The molecular formula is C25H30O3. The van der Waals surface area contributed by atoms with Crippen molar-refractivity contribution in [1.29, 1.82) is 0 Å². The average molecular weight is 379 g/mol. The summed E-state index contributed by atoms with van der Waals surface area (Å²) in [4.78, 5) is 24.5. The number of carbonyl (C=O) groups is 2. The maximum atomic E-state index is 12.4. The molecule has 0 fully saturated rings. The minimum atomic E-state index is -0.280. The molecule has 0 unspecified atom stereocenters. The second-order valence-corrected chi connectivity index (χ2v) is 7.05. The summed E-state index contributed by atoms with van der Waals surface area (Å²) < 4.78 is 5.34. The molecule has 0 atom stereocenters. The normalized spacial score (nSPS) is 11.3. The van der Waals surface area contributed by atoms with Gasteiger partial charge in [-0.25, -0.2) is 4.79 Å². The van der Waals surface area contributed by atoms with Gasteiger partial charge in [0.05, 0.1) is 6.61 Å². The lowest BCUT2D eigenvalue weighted by Gasteiger charge is -2.06. The Morgan fingerprint density at radius 2 is 1.43 bits per heavy atom. The van der Waals surface area contributed by atoms with Gasteiger partial charge in [0.15, 0.2) is 5.78 Å². The van der Waals surface area contributed by atoms with Crippen molar-refractivity contribution in [3.8, 4) is 0 Å². The topological polar surface area (TPSA) is 43.4 Å². The van der Waals surface area contributed by atoms with Crippen LogP contribution in [0.15, 0.2) is 60.2 Å². The molecule has 2 rings (SSSR count). The average Bonchev–Trinajstić information content (AvgIpc) is 2.73. The predicted octanol–water partition coefficient (Wildman–Crippen LogP) is 6.22. The molecule has 0 saturated carbocycles. The lowest BCUT2D eigenvalue weighted by molar-refractivity contribution is -0.139. The van der Waals surface area contributed by atoms with Crippen molar-refractivity contribution in [2.75, 3.05) is 6.61 Å². The van der Waals surface area contributed by atoms with E-state index < -0.39 is 0 Å². The molecule has 0 aliphatic heterocycles. The summed E-state index contributed by atoms with van der Waals surface area (Å²) in [5, 5.41) is 0. The third-order valence-corrected chi connectivity index (χ3v) is 4.65. The fraction of sp³-hybridized carbons (Fsp3) is 0.360. The van der Waals surface area contributed by atoms with E-state index in [0.717, 1.165) is 18.4 Å². The highest BCUT2D eigenvalue weighted by molar-refractivity contribution is 6.09. The van der Waals surface area contributed by atoms with Crippen LogP contribution in [0.3, 0.4) is 0 Å². The van der Waals surface area contributed by atoms with Gasteiger partial charge in [-0.05, 0) is 25.0 Å². The van der Waals surface area contributed by atoms with E-state index in [9.17, 15) is 9.59 Å². The van der Waals surface area contributed by atoms with Gasteiger partial charge in [-0.15, -0.1) is 0 Å². The second-order valence-electron chi connectivity index (χ2n) is 7.05. The van der Waals surface area contributed by atoms with Crippen LogP contribution >= 0.6 is 0 Å². The summed E-state index contributed by atoms with van der Waals surface area (Å²) >= 11 is 0. The highest BCUT2D eigenvalue weighted by atomic mass is 16.5. The molecule has 3 nitrogen and oxygen atoms in total. The first-order valence-electron chi connectivity index (χ1n) is 10.2. The van der Waals surface area contributed by atoms with E-state index in [1.54, 1.807) is 37.3 Å². The molecule has 0 heterocycles. The monoisotopic (exact) mass is 378 g/mol. The van der Waals surface area contributed by atoms with E-state index in [0.29, 0.717) is 23.3 Å². The molecule has 0 aliphatic carbocycles. The minimum Gasteiger partial charge on any atom is -0.462 e. The van der Waals surface area contributed by atoms with E-state index in [-0.39, 0.29) is 11.8 Å². The van der Waals surface area contributed by atoms with Crippen LogP contribution in [0.5, 0.6) is 0 Å². The fourth-order valence-electron chi connectivity index (χ4n) is 2.96. The summed E-state index contributed by atoms with van der Waals surface area (Å²) in [5.74, 6) is -0.288. The van der Waals surface area contributed by atoms with Crippen LogP contribution in [0, 0.1) is 0 Å². The smallest absolute Gasteiger partial charge is 0.333 e. The maximum Gasteiger partial charge on any atom is 0.333 e. The Morgan fingerprint density at radius 3 is 2.11 bits per heavy atom. The zero-order valence-electron chi connectivity index (χ0n) is 16.9. The van der Waals surface area contributed by atoms with Crippen molar-refractivity contribution in [3.05, 3.63) is 76.9 Å². The number of hydrogen-bond donors (Lipinski definition) is 0. The number of ketones is 1. The van der Waals surface area contributed by atoms with Crippen LogP contribution in [0.1, 0.15) is 73.9 Å². The Morgan fingerprint density at radius 1 is 0.821 bits per heavy atom. The molecule has 0 N–H and O–H groups in total. The molecule has 2 aromatic carbocycles. The first-order valence-corrected chi connectivity index (χ1v) is 10.2. The van der Waals surface area contributed by atoms with E-state index in [2.05, 4.69) is 6.92 Å². The first-order chi connectivity index (χ1) is 13.6. The van der Waals surface area contributed by atoms with Gasteiger partial charge in [0.1, 0.15) is 0 Å². The minimum absolute atomic E-state index is 0.00815. The molecule has 28 heavy (non-hydrogen) atoms. The Hall–Kier alpha value is -2.68. The van der Waals surface area contributed by atoms with Crippen LogP contribution in [0.2, 0.25) is 0 Å². The Bertz CT molecular complexity index is 773. The van der Waals surface area contributed by atoms with E-state index >= 15 is 0 Å². The zero-order valence-corrected chi connectivity index (χ0v) is 16.9. The van der Waals surface area contributed by atoms with Gasteiger partial charge in [0, 0.05) is 16.7 Å². The van der Waals surface area contributed by atoms with Crippen molar-refractivity contribution >= 4 is 17.8 Å². The number of benzene rings is 2. The highest BCUT2D eigenvalue weighted by Crippen LogP contribution is 2.14. The lowest BCUT2D eigenvalue weighted by atomic mass is 10.0. The van der Waals surface area contributed by atoms with Crippen LogP contribution in [0.25, 0.3) is 6.08 Å². The Kier molecular flexibility index (Phi) is 9.20. The number of carbonyl (C=O) groups excluding carboxylic acids is 2. The molecule has 0 spiro atoms. The number of unbranched alkanes of at least 4 members (excludes halogenated alkanes) is 5. The Balaban J connectivity index is 1.83. The molecule has 2 aromatic rings. The number of ether oxygens (including phenoxy) is 1. The SMILES string of the molecule is CCCCCCCCOC(=O)/C(C)=C/c1ccc(C(=O)c2ccccc2)cc1.